The number of nitrogens with zero attached hydrogens (tertiary/aromatic N) is 5. The number of carbonyl (C=O) groups is 1. The van der Waals surface area contributed by atoms with Crippen molar-refractivity contribution < 1.29 is 9.18 Å². The molecule has 0 spiro atoms. The summed E-state index contributed by atoms with van der Waals surface area (Å²) in [5, 5.41) is 12.1. The van der Waals surface area contributed by atoms with E-state index in [4.69, 9.17) is 0 Å². The highest BCUT2D eigenvalue weighted by atomic mass is 79.9. The Morgan fingerprint density at radius 3 is 2.62 bits per heavy atom. The maximum atomic E-state index is 13.6. The predicted molar refractivity (Wildman–Crippen MR) is 119 cm³/mol. The number of aromatic nitrogens is 5. The second-order valence-corrected chi connectivity index (χ2v) is 10.6. The first-order valence-corrected chi connectivity index (χ1v) is 11.9. The Morgan fingerprint density at radius 2 is 1.94 bits per heavy atom. The van der Waals surface area contributed by atoms with Gasteiger partial charge in [0.1, 0.15) is 12.1 Å². The Hall–Kier alpha value is -2.55. The molecule has 0 aliphatic heterocycles. The highest BCUT2D eigenvalue weighted by Crippen LogP contribution is 2.64. The summed E-state index contributed by atoms with van der Waals surface area (Å²) < 4.78 is 17.5. The molecule has 3 aromatic rings. The van der Waals surface area contributed by atoms with E-state index in [1.807, 2.05) is 17.2 Å². The molecule has 2 unspecified atom stereocenters. The standard InChI is InChI=1S/C23H24BrFN6O/c24-21-26-14-31(29-21)23-8-16-5-17(9-23)7-22(6-16,13-23)20(32)28-19-10-27-30(12-19)11-15-1-3-18(25)4-2-15/h1-4,10,12,14,16-17H,5-9,11,13H2,(H,28,32). The van der Waals surface area contributed by atoms with Crippen LogP contribution < -0.4 is 5.32 Å². The molecule has 4 saturated carbocycles. The molecule has 4 aliphatic carbocycles. The smallest absolute Gasteiger partial charge is 0.230 e. The van der Waals surface area contributed by atoms with Crippen LogP contribution in [0.4, 0.5) is 10.1 Å². The lowest BCUT2D eigenvalue weighted by atomic mass is 9.46. The average molecular weight is 499 g/mol. The zero-order valence-electron chi connectivity index (χ0n) is 17.5. The molecule has 4 bridgehead atoms. The van der Waals surface area contributed by atoms with Gasteiger partial charge in [-0.2, -0.15) is 5.10 Å². The number of nitrogens with one attached hydrogen (secondary N) is 1. The number of benzene rings is 1. The van der Waals surface area contributed by atoms with Gasteiger partial charge in [0.2, 0.25) is 10.6 Å². The average Bonchev–Trinajstić information content (AvgIpc) is 3.38. The third kappa shape index (κ3) is 3.37. The van der Waals surface area contributed by atoms with E-state index in [-0.39, 0.29) is 22.7 Å². The molecular weight excluding hydrogens is 475 g/mol. The minimum Gasteiger partial charge on any atom is -0.323 e. The van der Waals surface area contributed by atoms with Crippen LogP contribution in [0, 0.1) is 23.1 Å². The maximum absolute atomic E-state index is 13.6. The van der Waals surface area contributed by atoms with Crippen molar-refractivity contribution in [1.82, 2.24) is 24.5 Å². The van der Waals surface area contributed by atoms with Crippen LogP contribution >= 0.6 is 15.9 Å². The number of halogens is 2. The first-order chi connectivity index (χ1) is 15.4. The molecule has 7 rings (SSSR count). The number of carbonyl (C=O) groups excluding carboxylic acids is 1. The van der Waals surface area contributed by atoms with Crippen LogP contribution in [0.5, 0.6) is 0 Å². The Balaban J connectivity index is 1.21. The number of rotatable bonds is 5. The summed E-state index contributed by atoms with van der Waals surface area (Å²) in [6, 6.07) is 6.37. The zero-order valence-corrected chi connectivity index (χ0v) is 19.1. The van der Waals surface area contributed by atoms with Gasteiger partial charge in [-0.15, -0.1) is 5.10 Å². The fourth-order valence-electron chi connectivity index (χ4n) is 6.77. The van der Waals surface area contributed by atoms with Gasteiger partial charge in [0.25, 0.3) is 0 Å². The molecule has 0 saturated heterocycles. The molecule has 32 heavy (non-hydrogen) atoms. The quantitative estimate of drug-likeness (QED) is 0.566. The second-order valence-electron chi connectivity index (χ2n) is 9.93. The minimum absolute atomic E-state index is 0.0940. The van der Waals surface area contributed by atoms with Crippen molar-refractivity contribution in [3.8, 4) is 0 Å². The molecule has 2 aromatic heterocycles. The van der Waals surface area contributed by atoms with Gasteiger partial charge in [0.15, 0.2) is 0 Å². The van der Waals surface area contributed by atoms with Gasteiger partial charge >= 0.3 is 0 Å². The lowest BCUT2D eigenvalue weighted by molar-refractivity contribution is -0.150. The highest BCUT2D eigenvalue weighted by Gasteiger charge is 2.61. The molecule has 2 heterocycles. The molecule has 4 fully saturated rings. The Morgan fingerprint density at radius 1 is 1.19 bits per heavy atom. The van der Waals surface area contributed by atoms with E-state index in [9.17, 15) is 9.18 Å². The summed E-state index contributed by atoms with van der Waals surface area (Å²) in [6.07, 6.45) is 11.4. The van der Waals surface area contributed by atoms with E-state index >= 15 is 0 Å². The molecule has 4 aliphatic rings. The Bertz CT molecular complexity index is 1160. The first-order valence-electron chi connectivity index (χ1n) is 11.1. The van der Waals surface area contributed by atoms with Crippen molar-refractivity contribution in [3.05, 3.63) is 59.1 Å². The van der Waals surface area contributed by atoms with Crippen LogP contribution in [-0.4, -0.2) is 30.5 Å². The normalized spacial score (nSPS) is 30.6. The summed E-state index contributed by atoms with van der Waals surface area (Å²) >= 11 is 3.38. The van der Waals surface area contributed by atoms with Crippen LogP contribution in [0.1, 0.15) is 44.1 Å². The van der Waals surface area contributed by atoms with E-state index in [0.29, 0.717) is 28.8 Å². The minimum atomic E-state index is -0.373. The summed E-state index contributed by atoms with van der Waals surface area (Å²) in [5.74, 6) is 0.933. The largest absolute Gasteiger partial charge is 0.323 e. The van der Waals surface area contributed by atoms with E-state index in [2.05, 4.69) is 36.4 Å². The van der Waals surface area contributed by atoms with Gasteiger partial charge in [0, 0.05) is 6.20 Å². The zero-order chi connectivity index (χ0) is 21.9. The third-order valence-corrected chi connectivity index (χ3v) is 7.97. The molecule has 1 N–H and O–H groups in total. The van der Waals surface area contributed by atoms with Crippen LogP contribution in [-0.2, 0) is 16.9 Å². The summed E-state index contributed by atoms with van der Waals surface area (Å²) in [4.78, 5) is 17.9. The topological polar surface area (TPSA) is 77.6 Å². The summed E-state index contributed by atoms with van der Waals surface area (Å²) in [5.41, 5.74) is 1.16. The van der Waals surface area contributed by atoms with Crippen molar-refractivity contribution in [2.75, 3.05) is 5.32 Å². The van der Waals surface area contributed by atoms with Gasteiger partial charge in [-0.05, 0) is 84.0 Å². The maximum Gasteiger partial charge on any atom is 0.230 e. The van der Waals surface area contributed by atoms with E-state index in [1.165, 1.54) is 18.6 Å². The van der Waals surface area contributed by atoms with Gasteiger partial charge in [-0.25, -0.2) is 14.1 Å². The lowest BCUT2D eigenvalue weighted by Gasteiger charge is -2.60. The van der Waals surface area contributed by atoms with Gasteiger partial charge in [-0.3, -0.25) is 9.48 Å². The van der Waals surface area contributed by atoms with Crippen LogP contribution in [0.3, 0.4) is 0 Å². The van der Waals surface area contributed by atoms with E-state index < -0.39 is 0 Å². The third-order valence-electron chi connectivity index (χ3n) is 7.61. The molecule has 166 valence electrons. The number of hydrogen-bond donors (Lipinski definition) is 1. The van der Waals surface area contributed by atoms with Gasteiger partial charge in [0.05, 0.1) is 29.4 Å². The van der Waals surface area contributed by atoms with Crippen molar-refractivity contribution in [2.24, 2.45) is 17.3 Å². The Kier molecular flexibility index (Phi) is 4.54. The van der Waals surface area contributed by atoms with Gasteiger partial charge in [-0.1, -0.05) is 12.1 Å². The van der Waals surface area contributed by atoms with Crippen LogP contribution in [0.2, 0.25) is 0 Å². The number of anilines is 1. The van der Waals surface area contributed by atoms with Crippen LogP contribution in [0.15, 0.2) is 47.7 Å². The lowest BCUT2D eigenvalue weighted by Crippen LogP contribution is -2.60. The fourth-order valence-corrected chi connectivity index (χ4v) is 7.04. The molecule has 1 amide bonds. The monoisotopic (exact) mass is 498 g/mol. The van der Waals surface area contributed by atoms with Crippen molar-refractivity contribution >= 4 is 27.5 Å². The molecule has 9 heteroatoms. The molecular formula is C23H24BrFN6O. The molecule has 2 atom stereocenters. The predicted octanol–water partition coefficient (Wildman–Crippen LogP) is 4.36. The van der Waals surface area contributed by atoms with Crippen LogP contribution in [0.25, 0.3) is 0 Å². The second kappa shape index (κ2) is 7.23. The van der Waals surface area contributed by atoms with E-state index in [0.717, 1.165) is 37.7 Å². The Labute approximate surface area is 193 Å². The number of amides is 1. The van der Waals surface area contributed by atoms with Crippen molar-refractivity contribution in [1.29, 1.82) is 0 Å². The molecule has 0 radical (unpaired) electrons. The molecule has 7 nitrogen and oxygen atoms in total. The summed E-state index contributed by atoms with van der Waals surface area (Å²) in [7, 11) is 0. The van der Waals surface area contributed by atoms with Gasteiger partial charge < -0.3 is 5.32 Å². The van der Waals surface area contributed by atoms with E-state index in [1.54, 1.807) is 23.0 Å². The highest BCUT2D eigenvalue weighted by molar-refractivity contribution is 9.10. The fraction of sp³-hybridized carbons (Fsp3) is 0.478. The van der Waals surface area contributed by atoms with Crippen molar-refractivity contribution in [2.45, 2.75) is 50.6 Å². The molecule has 1 aromatic carbocycles. The van der Waals surface area contributed by atoms with Crippen molar-refractivity contribution in [3.63, 3.8) is 0 Å². The first kappa shape index (κ1) is 20.1. The summed E-state index contributed by atoms with van der Waals surface area (Å²) in [6.45, 7) is 0.524. The SMILES string of the molecule is O=C(Nc1cnn(Cc2ccc(F)cc2)c1)C12CC3CC(C1)CC(n1cnc(Br)n1)(C3)C2. The number of hydrogen-bond acceptors (Lipinski definition) is 4.